The second-order valence-corrected chi connectivity index (χ2v) is 6.16. The number of rotatable bonds is 4. The van der Waals surface area contributed by atoms with Crippen molar-refractivity contribution < 1.29 is 4.74 Å². The lowest BCUT2D eigenvalue weighted by atomic mass is 10.0. The molecule has 4 N–H and O–H groups in total. The first kappa shape index (κ1) is 17.8. The minimum absolute atomic E-state index is 0.0377. The Morgan fingerprint density at radius 1 is 1.04 bits per heavy atom. The standard InChI is InChI=1S/C18H13Cl2N5O/c19-13-5-4-11(7-14(13)20)16-15(24-18(23)25-17(16)22)9-26-12-3-1-2-10(6-12)8-21/h1-7H,9H2,(H4,22,23,24,25). The van der Waals surface area contributed by atoms with Gasteiger partial charge in [0.05, 0.1) is 27.4 Å². The summed E-state index contributed by atoms with van der Waals surface area (Å²) in [6.45, 7) is 0.0847. The molecule has 0 spiro atoms. The zero-order valence-corrected chi connectivity index (χ0v) is 14.9. The number of halogens is 2. The maximum atomic E-state index is 8.98. The Balaban J connectivity index is 1.98. The second-order valence-electron chi connectivity index (χ2n) is 5.35. The minimum Gasteiger partial charge on any atom is -0.487 e. The summed E-state index contributed by atoms with van der Waals surface area (Å²) in [7, 11) is 0. The molecule has 2 aromatic carbocycles. The Morgan fingerprint density at radius 3 is 2.58 bits per heavy atom. The van der Waals surface area contributed by atoms with Crippen molar-refractivity contribution in [2.75, 3.05) is 11.5 Å². The van der Waals surface area contributed by atoms with E-state index in [1.807, 2.05) is 0 Å². The molecule has 130 valence electrons. The first-order chi connectivity index (χ1) is 12.5. The number of nitriles is 1. The number of anilines is 2. The van der Waals surface area contributed by atoms with Gasteiger partial charge in [-0.25, -0.2) is 4.98 Å². The van der Waals surface area contributed by atoms with Gasteiger partial charge in [-0.2, -0.15) is 10.2 Å². The molecule has 0 saturated heterocycles. The van der Waals surface area contributed by atoms with Crippen LogP contribution in [0.25, 0.3) is 11.1 Å². The maximum absolute atomic E-state index is 8.98. The fourth-order valence-electron chi connectivity index (χ4n) is 2.42. The van der Waals surface area contributed by atoms with E-state index in [1.165, 1.54) is 0 Å². The molecular formula is C18H13Cl2N5O. The quantitative estimate of drug-likeness (QED) is 0.699. The van der Waals surface area contributed by atoms with Crippen LogP contribution in [0.4, 0.5) is 11.8 Å². The topological polar surface area (TPSA) is 111 Å². The second kappa shape index (κ2) is 7.48. The average molecular weight is 386 g/mol. The van der Waals surface area contributed by atoms with Gasteiger partial charge in [0.2, 0.25) is 5.95 Å². The summed E-state index contributed by atoms with van der Waals surface area (Å²) in [5.74, 6) is 0.774. The summed E-state index contributed by atoms with van der Waals surface area (Å²) < 4.78 is 5.75. The number of nitrogen functional groups attached to an aromatic ring is 2. The first-order valence-electron chi connectivity index (χ1n) is 7.48. The van der Waals surface area contributed by atoms with Gasteiger partial charge in [0, 0.05) is 5.56 Å². The average Bonchev–Trinajstić information content (AvgIpc) is 2.62. The lowest BCUT2D eigenvalue weighted by Gasteiger charge is -2.14. The molecule has 0 aliphatic heterocycles. The van der Waals surface area contributed by atoms with E-state index in [4.69, 9.17) is 44.7 Å². The van der Waals surface area contributed by atoms with Gasteiger partial charge >= 0.3 is 0 Å². The van der Waals surface area contributed by atoms with E-state index in [2.05, 4.69) is 16.0 Å². The third kappa shape index (κ3) is 3.80. The Hall–Kier alpha value is -3.01. The van der Waals surface area contributed by atoms with Crippen molar-refractivity contribution in [2.24, 2.45) is 0 Å². The van der Waals surface area contributed by atoms with Crippen LogP contribution in [0.5, 0.6) is 5.75 Å². The molecule has 1 aromatic heterocycles. The number of nitrogens with zero attached hydrogens (tertiary/aromatic N) is 3. The molecule has 3 aromatic rings. The molecule has 8 heteroatoms. The van der Waals surface area contributed by atoms with E-state index in [0.717, 1.165) is 0 Å². The fraction of sp³-hybridized carbons (Fsp3) is 0.0556. The van der Waals surface area contributed by atoms with Crippen molar-refractivity contribution in [3.05, 3.63) is 63.8 Å². The van der Waals surface area contributed by atoms with Crippen LogP contribution in [0, 0.1) is 11.3 Å². The van der Waals surface area contributed by atoms with Crippen LogP contribution in [0.2, 0.25) is 10.0 Å². The third-order valence-electron chi connectivity index (χ3n) is 3.58. The zero-order chi connectivity index (χ0) is 18.7. The van der Waals surface area contributed by atoms with Crippen LogP contribution in [-0.4, -0.2) is 9.97 Å². The van der Waals surface area contributed by atoms with Crippen molar-refractivity contribution in [1.82, 2.24) is 9.97 Å². The lowest BCUT2D eigenvalue weighted by Crippen LogP contribution is -2.09. The zero-order valence-electron chi connectivity index (χ0n) is 13.4. The monoisotopic (exact) mass is 385 g/mol. The molecule has 0 radical (unpaired) electrons. The summed E-state index contributed by atoms with van der Waals surface area (Å²) in [6, 6.07) is 14.0. The normalized spacial score (nSPS) is 10.3. The highest BCUT2D eigenvalue weighted by Gasteiger charge is 2.15. The molecule has 26 heavy (non-hydrogen) atoms. The molecule has 0 saturated carbocycles. The van der Waals surface area contributed by atoms with E-state index >= 15 is 0 Å². The smallest absolute Gasteiger partial charge is 0.222 e. The molecule has 0 aliphatic rings. The maximum Gasteiger partial charge on any atom is 0.222 e. The highest BCUT2D eigenvalue weighted by atomic mass is 35.5. The predicted octanol–water partition coefficient (Wildman–Crippen LogP) is 4.07. The lowest BCUT2D eigenvalue weighted by molar-refractivity contribution is 0.302. The van der Waals surface area contributed by atoms with E-state index in [9.17, 15) is 0 Å². The van der Waals surface area contributed by atoms with Crippen molar-refractivity contribution >= 4 is 35.0 Å². The highest BCUT2D eigenvalue weighted by molar-refractivity contribution is 6.42. The van der Waals surface area contributed by atoms with E-state index in [1.54, 1.807) is 42.5 Å². The van der Waals surface area contributed by atoms with Gasteiger partial charge in [-0.1, -0.05) is 35.3 Å². The minimum atomic E-state index is 0.0377. The Labute approximate surface area is 160 Å². The largest absolute Gasteiger partial charge is 0.487 e. The molecule has 0 aliphatic carbocycles. The van der Waals surface area contributed by atoms with Crippen molar-refractivity contribution in [2.45, 2.75) is 6.61 Å². The predicted molar refractivity (Wildman–Crippen MR) is 102 cm³/mol. The number of benzene rings is 2. The molecule has 0 unspecified atom stereocenters. The Morgan fingerprint density at radius 2 is 1.85 bits per heavy atom. The van der Waals surface area contributed by atoms with Gasteiger partial charge in [-0.05, 0) is 35.9 Å². The highest BCUT2D eigenvalue weighted by Crippen LogP contribution is 2.33. The molecular weight excluding hydrogens is 373 g/mol. The molecule has 0 bridgehead atoms. The Bertz CT molecular complexity index is 1020. The van der Waals surface area contributed by atoms with Gasteiger partial charge in [0.15, 0.2) is 0 Å². The van der Waals surface area contributed by atoms with E-state index in [-0.39, 0.29) is 18.4 Å². The molecule has 0 fully saturated rings. The van der Waals surface area contributed by atoms with Crippen molar-refractivity contribution in [3.63, 3.8) is 0 Å². The van der Waals surface area contributed by atoms with Crippen molar-refractivity contribution in [3.8, 4) is 22.9 Å². The van der Waals surface area contributed by atoms with Crippen LogP contribution in [-0.2, 0) is 6.61 Å². The number of aromatic nitrogens is 2. The number of nitrogens with two attached hydrogens (primary N) is 2. The van der Waals surface area contributed by atoms with Crippen LogP contribution in [0.1, 0.15) is 11.3 Å². The molecule has 0 atom stereocenters. The fourth-order valence-corrected chi connectivity index (χ4v) is 2.72. The third-order valence-corrected chi connectivity index (χ3v) is 4.32. The molecule has 6 nitrogen and oxygen atoms in total. The summed E-state index contributed by atoms with van der Waals surface area (Å²) in [4.78, 5) is 8.26. The van der Waals surface area contributed by atoms with E-state index in [0.29, 0.717) is 38.2 Å². The van der Waals surface area contributed by atoms with Gasteiger partial charge in [0.25, 0.3) is 0 Å². The molecule has 0 amide bonds. The SMILES string of the molecule is N#Cc1cccc(OCc2nc(N)nc(N)c2-c2ccc(Cl)c(Cl)c2)c1. The molecule has 3 rings (SSSR count). The summed E-state index contributed by atoms with van der Waals surface area (Å²) in [5.41, 5.74) is 14.0. The van der Waals surface area contributed by atoms with Gasteiger partial charge in [-0.15, -0.1) is 0 Å². The van der Waals surface area contributed by atoms with Crippen LogP contribution in [0.15, 0.2) is 42.5 Å². The molecule has 1 heterocycles. The Kier molecular flexibility index (Phi) is 5.12. The number of ether oxygens (including phenoxy) is 1. The van der Waals surface area contributed by atoms with Crippen molar-refractivity contribution in [1.29, 1.82) is 5.26 Å². The van der Waals surface area contributed by atoms with Gasteiger partial charge < -0.3 is 16.2 Å². The van der Waals surface area contributed by atoms with Gasteiger partial charge in [-0.3, -0.25) is 0 Å². The van der Waals surface area contributed by atoms with Crippen LogP contribution < -0.4 is 16.2 Å². The van der Waals surface area contributed by atoms with Crippen LogP contribution >= 0.6 is 23.2 Å². The van der Waals surface area contributed by atoms with Gasteiger partial charge in [0.1, 0.15) is 18.2 Å². The number of hydrogen-bond donors (Lipinski definition) is 2. The summed E-state index contributed by atoms with van der Waals surface area (Å²) >= 11 is 12.1. The van der Waals surface area contributed by atoms with Crippen LogP contribution in [0.3, 0.4) is 0 Å². The van der Waals surface area contributed by atoms with E-state index < -0.39 is 0 Å². The first-order valence-corrected chi connectivity index (χ1v) is 8.24. The summed E-state index contributed by atoms with van der Waals surface area (Å²) in [6.07, 6.45) is 0. The number of hydrogen-bond acceptors (Lipinski definition) is 6. The summed E-state index contributed by atoms with van der Waals surface area (Å²) in [5, 5.41) is 9.79.